The van der Waals surface area contributed by atoms with Crippen LogP contribution in [0.5, 0.6) is 5.75 Å². The Kier molecular flexibility index (Phi) is 5.56. The van der Waals surface area contributed by atoms with Crippen molar-refractivity contribution in [3.05, 3.63) is 52.1 Å². The Morgan fingerprint density at radius 3 is 2.07 bits per heavy atom. The number of aromatic amines is 1. The van der Waals surface area contributed by atoms with Gasteiger partial charge in [0.05, 0.1) is 22.1 Å². The predicted octanol–water partition coefficient (Wildman–Crippen LogP) is 4.73. The largest absolute Gasteiger partial charge is 0.494 e. The van der Waals surface area contributed by atoms with E-state index in [4.69, 9.17) is 33.1 Å². The van der Waals surface area contributed by atoms with E-state index in [1.165, 1.54) is 43.5 Å². The lowest BCUT2D eigenvalue weighted by Gasteiger charge is -2.12. The molecule has 0 aliphatic heterocycles. The Morgan fingerprint density at radius 1 is 1.07 bits per heavy atom. The summed E-state index contributed by atoms with van der Waals surface area (Å²) in [7, 11) is -2.63. The molecule has 2 aromatic carbocycles. The number of hydrogen-bond donors (Lipinski definition) is 2. The van der Waals surface area contributed by atoms with Crippen molar-refractivity contribution in [1.82, 2.24) is 10.2 Å². The van der Waals surface area contributed by atoms with Gasteiger partial charge in [-0.05, 0) is 29.8 Å². The summed E-state index contributed by atoms with van der Waals surface area (Å²) in [6, 6.07) is 7.48. The van der Waals surface area contributed by atoms with E-state index in [1.807, 2.05) is 5.10 Å². The zero-order chi connectivity index (χ0) is 21.6. The molecule has 154 valence electrons. The number of sulfonamides is 1. The molecular weight excluding hydrogens is 454 g/mol. The van der Waals surface area contributed by atoms with E-state index in [1.54, 1.807) is 0 Å². The first-order valence-electron chi connectivity index (χ1n) is 7.75. The van der Waals surface area contributed by atoms with Gasteiger partial charge in [0.25, 0.3) is 0 Å². The average molecular weight is 466 g/mol. The van der Waals surface area contributed by atoms with Gasteiger partial charge in [-0.2, -0.15) is 18.3 Å². The minimum atomic E-state index is -4.75. The highest BCUT2D eigenvalue weighted by Gasteiger charge is 2.38. The third-order valence-electron chi connectivity index (χ3n) is 4.00. The first-order chi connectivity index (χ1) is 13.4. The van der Waals surface area contributed by atoms with Crippen LogP contribution in [0.1, 0.15) is 5.69 Å². The summed E-state index contributed by atoms with van der Waals surface area (Å²) in [6.07, 6.45) is -4.75. The molecule has 0 radical (unpaired) electrons. The lowest BCUT2D eigenvalue weighted by molar-refractivity contribution is -0.140. The van der Waals surface area contributed by atoms with Crippen LogP contribution < -0.4 is 9.88 Å². The van der Waals surface area contributed by atoms with E-state index in [9.17, 15) is 21.6 Å². The van der Waals surface area contributed by atoms with Gasteiger partial charge in [0.2, 0.25) is 10.0 Å². The van der Waals surface area contributed by atoms with Crippen LogP contribution in [0.25, 0.3) is 22.4 Å². The van der Waals surface area contributed by atoms with Crippen molar-refractivity contribution in [3.63, 3.8) is 0 Å². The van der Waals surface area contributed by atoms with E-state index in [-0.39, 0.29) is 43.1 Å². The van der Waals surface area contributed by atoms with Crippen LogP contribution in [0.4, 0.5) is 13.2 Å². The van der Waals surface area contributed by atoms with Gasteiger partial charge in [-0.25, -0.2) is 13.6 Å². The minimum Gasteiger partial charge on any atom is -0.494 e. The summed E-state index contributed by atoms with van der Waals surface area (Å²) in [4.78, 5) is -0.190. The first-order valence-corrected chi connectivity index (χ1v) is 10.1. The van der Waals surface area contributed by atoms with Crippen molar-refractivity contribution in [2.45, 2.75) is 11.1 Å². The van der Waals surface area contributed by atoms with E-state index in [0.29, 0.717) is 0 Å². The van der Waals surface area contributed by atoms with Gasteiger partial charge in [0.15, 0.2) is 5.75 Å². The van der Waals surface area contributed by atoms with Crippen molar-refractivity contribution in [1.29, 1.82) is 0 Å². The fourth-order valence-corrected chi connectivity index (χ4v) is 3.90. The van der Waals surface area contributed by atoms with Crippen LogP contribution in [0.15, 0.2) is 41.3 Å². The fourth-order valence-electron chi connectivity index (χ4n) is 2.74. The van der Waals surface area contributed by atoms with Crippen molar-refractivity contribution >= 4 is 33.2 Å². The number of primary sulfonamides is 1. The van der Waals surface area contributed by atoms with Crippen molar-refractivity contribution < 1.29 is 26.3 Å². The molecule has 1 aromatic heterocycles. The fraction of sp³-hybridized carbons (Fsp3) is 0.118. The molecule has 1 heterocycles. The molecule has 0 bridgehead atoms. The predicted molar refractivity (Wildman–Crippen MR) is 102 cm³/mol. The maximum absolute atomic E-state index is 13.6. The van der Waals surface area contributed by atoms with Gasteiger partial charge in [0.1, 0.15) is 11.4 Å². The van der Waals surface area contributed by atoms with Crippen molar-refractivity contribution in [2.75, 3.05) is 7.11 Å². The maximum atomic E-state index is 13.6. The normalized spacial score (nSPS) is 12.2. The van der Waals surface area contributed by atoms with Crippen LogP contribution in [0.3, 0.4) is 0 Å². The van der Waals surface area contributed by atoms with E-state index in [2.05, 4.69) is 5.10 Å². The summed E-state index contributed by atoms with van der Waals surface area (Å²) in [5.41, 5.74) is -1.21. The van der Waals surface area contributed by atoms with Crippen LogP contribution in [0.2, 0.25) is 10.0 Å². The second-order valence-corrected chi connectivity index (χ2v) is 8.24. The van der Waals surface area contributed by atoms with Crippen LogP contribution >= 0.6 is 23.2 Å². The molecule has 0 saturated heterocycles. The van der Waals surface area contributed by atoms with Gasteiger partial charge in [-0.3, -0.25) is 5.10 Å². The molecule has 3 N–H and O–H groups in total. The van der Waals surface area contributed by atoms with E-state index in [0.717, 1.165) is 0 Å². The SMILES string of the molecule is COc1c(Cl)cc(-c2c(-c3ccc(S(N)(=O)=O)cc3)n[nH]c2C(F)(F)F)cc1Cl. The second kappa shape index (κ2) is 7.52. The number of nitrogens with zero attached hydrogens (tertiary/aromatic N) is 1. The molecular formula is C17H12Cl2F3N3O3S. The number of nitrogens with one attached hydrogen (secondary N) is 1. The molecule has 0 aliphatic carbocycles. The molecule has 0 unspecified atom stereocenters. The number of ether oxygens (including phenoxy) is 1. The van der Waals surface area contributed by atoms with Gasteiger partial charge < -0.3 is 4.74 Å². The molecule has 0 aliphatic rings. The van der Waals surface area contributed by atoms with Crippen molar-refractivity contribution in [3.8, 4) is 28.1 Å². The third-order valence-corrected chi connectivity index (χ3v) is 5.49. The minimum absolute atomic E-state index is 0.0137. The van der Waals surface area contributed by atoms with E-state index >= 15 is 0 Å². The highest BCUT2D eigenvalue weighted by atomic mass is 35.5. The molecule has 12 heteroatoms. The Morgan fingerprint density at radius 2 is 1.62 bits per heavy atom. The van der Waals surface area contributed by atoms with Crippen LogP contribution in [-0.4, -0.2) is 25.7 Å². The molecule has 0 fully saturated rings. The number of rotatable bonds is 4. The molecule has 0 spiro atoms. The summed E-state index contributed by atoms with van der Waals surface area (Å²) < 4.78 is 68.6. The topological polar surface area (TPSA) is 98.1 Å². The highest BCUT2D eigenvalue weighted by molar-refractivity contribution is 7.89. The number of alkyl halides is 3. The van der Waals surface area contributed by atoms with Gasteiger partial charge in [-0.15, -0.1) is 0 Å². The zero-order valence-electron chi connectivity index (χ0n) is 14.5. The molecule has 6 nitrogen and oxygen atoms in total. The third kappa shape index (κ3) is 4.20. The second-order valence-electron chi connectivity index (χ2n) is 5.86. The zero-order valence-corrected chi connectivity index (χ0v) is 16.8. The summed E-state index contributed by atoms with van der Waals surface area (Å²) >= 11 is 12.2. The Bertz CT molecular complexity index is 1150. The number of H-pyrrole nitrogens is 1. The molecule has 3 aromatic rings. The first kappa shape index (κ1) is 21.4. The molecule has 0 amide bonds. The van der Waals surface area contributed by atoms with Crippen molar-refractivity contribution in [2.24, 2.45) is 5.14 Å². The number of nitrogens with two attached hydrogens (primary N) is 1. The summed E-state index contributed by atoms with van der Waals surface area (Å²) in [5, 5.41) is 10.8. The Labute approximate surface area is 173 Å². The number of hydrogen-bond acceptors (Lipinski definition) is 4. The molecule has 0 saturated carbocycles. The monoisotopic (exact) mass is 465 g/mol. The van der Waals surface area contributed by atoms with Crippen LogP contribution in [-0.2, 0) is 16.2 Å². The number of aromatic nitrogens is 2. The number of methoxy groups -OCH3 is 1. The molecule has 0 atom stereocenters. The number of benzene rings is 2. The number of halogens is 5. The lowest BCUT2D eigenvalue weighted by Crippen LogP contribution is -2.11. The van der Waals surface area contributed by atoms with E-state index < -0.39 is 21.9 Å². The summed E-state index contributed by atoms with van der Waals surface area (Å²) in [6.45, 7) is 0. The summed E-state index contributed by atoms with van der Waals surface area (Å²) in [5.74, 6) is 0.119. The highest BCUT2D eigenvalue weighted by Crippen LogP contribution is 2.44. The van der Waals surface area contributed by atoms with Gasteiger partial charge >= 0.3 is 6.18 Å². The maximum Gasteiger partial charge on any atom is 0.433 e. The smallest absolute Gasteiger partial charge is 0.433 e. The van der Waals surface area contributed by atoms with Crippen LogP contribution in [0, 0.1) is 0 Å². The van der Waals surface area contributed by atoms with Gasteiger partial charge in [0, 0.05) is 11.1 Å². The quantitative estimate of drug-likeness (QED) is 0.581. The Hall–Kier alpha value is -2.27. The van der Waals surface area contributed by atoms with Gasteiger partial charge in [-0.1, -0.05) is 35.3 Å². The average Bonchev–Trinajstić information content (AvgIpc) is 3.06. The Balaban J connectivity index is 2.25. The molecule has 3 rings (SSSR count). The molecule has 29 heavy (non-hydrogen) atoms. The lowest BCUT2D eigenvalue weighted by atomic mass is 9.98. The standard InChI is InChI=1S/C17H12Cl2F3N3O3S/c1-28-15-11(18)6-9(7-12(15)19)13-14(24-25-16(13)17(20,21)22)8-2-4-10(5-3-8)29(23,26)27/h2-7H,1H3,(H,24,25)(H2,23,26,27).